The number of nitrogens with zero attached hydrogens (tertiary/aromatic N) is 1. The Morgan fingerprint density at radius 1 is 1.17 bits per heavy atom. The molecule has 29 heavy (non-hydrogen) atoms. The van der Waals surface area contributed by atoms with Crippen LogP contribution in [0.1, 0.15) is 5.56 Å². The lowest BCUT2D eigenvalue weighted by atomic mass is 10.2. The topological polar surface area (TPSA) is 84.9 Å². The lowest BCUT2D eigenvalue weighted by molar-refractivity contribution is -0.127. The van der Waals surface area contributed by atoms with E-state index in [0.29, 0.717) is 22.7 Å². The van der Waals surface area contributed by atoms with Crippen molar-refractivity contribution in [2.24, 2.45) is 0 Å². The van der Waals surface area contributed by atoms with Crippen molar-refractivity contribution in [3.05, 3.63) is 56.5 Å². The van der Waals surface area contributed by atoms with Crippen LogP contribution in [0.4, 0.5) is 10.5 Å². The monoisotopic (exact) mass is 524 g/mol. The minimum absolute atomic E-state index is 0.241. The molecule has 0 bridgehead atoms. The molecule has 0 spiro atoms. The molecule has 7 nitrogen and oxygen atoms in total. The van der Waals surface area contributed by atoms with Gasteiger partial charge in [-0.15, -0.1) is 0 Å². The molecule has 0 aromatic heterocycles. The van der Waals surface area contributed by atoms with Crippen molar-refractivity contribution in [1.29, 1.82) is 0 Å². The normalized spacial score (nSPS) is 15.0. The highest BCUT2D eigenvalue weighted by Gasteiger charge is 2.36. The fourth-order valence-electron chi connectivity index (χ4n) is 2.67. The van der Waals surface area contributed by atoms with Gasteiger partial charge in [-0.25, -0.2) is 0 Å². The van der Waals surface area contributed by atoms with Crippen LogP contribution in [0, 0.1) is 3.57 Å². The molecule has 1 heterocycles. The number of carbonyl (C=O) groups excluding carboxylic acids is 3. The van der Waals surface area contributed by atoms with Crippen LogP contribution >= 0.6 is 34.4 Å². The SMILES string of the molecule is COc1cc(/C=C2\SC(=O)N(CC(=O)Nc3ccccc3)C2=O)cc(I)c1OC. The van der Waals surface area contributed by atoms with E-state index in [2.05, 4.69) is 27.9 Å². The van der Waals surface area contributed by atoms with E-state index in [9.17, 15) is 14.4 Å². The van der Waals surface area contributed by atoms with E-state index >= 15 is 0 Å². The molecule has 2 aromatic rings. The molecular formula is C20H17IN2O5S. The molecule has 3 amide bonds. The van der Waals surface area contributed by atoms with Gasteiger partial charge in [0, 0.05) is 5.69 Å². The number of thioether (sulfide) groups is 1. The van der Waals surface area contributed by atoms with Crippen LogP contribution in [-0.2, 0) is 9.59 Å². The smallest absolute Gasteiger partial charge is 0.294 e. The Morgan fingerprint density at radius 2 is 1.90 bits per heavy atom. The molecule has 1 aliphatic rings. The first-order valence-corrected chi connectivity index (χ1v) is 10.3. The van der Waals surface area contributed by atoms with Gasteiger partial charge in [-0.05, 0) is 70.3 Å². The number of imide groups is 1. The van der Waals surface area contributed by atoms with Crippen molar-refractivity contribution < 1.29 is 23.9 Å². The molecule has 0 radical (unpaired) electrons. The van der Waals surface area contributed by atoms with E-state index in [1.54, 1.807) is 43.5 Å². The molecule has 1 fully saturated rings. The number of para-hydroxylation sites is 1. The van der Waals surface area contributed by atoms with Crippen molar-refractivity contribution in [1.82, 2.24) is 4.90 Å². The number of hydrogen-bond donors (Lipinski definition) is 1. The highest BCUT2D eigenvalue weighted by molar-refractivity contribution is 14.1. The minimum atomic E-state index is -0.506. The first kappa shape index (κ1) is 21.2. The minimum Gasteiger partial charge on any atom is -0.493 e. The van der Waals surface area contributed by atoms with Gasteiger partial charge < -0.3 is 14.8 Å². The zero-order valence-corrected chi connectivity index (χ0v) is 18.6. The average molecular weight is 524 g/mol. The number of benzene rings is 2. The molecule has 1 saturated heterocycles. The summed E-state index contributed by atoms with van der Waals surface area (Å²) in [6, 6.07) is 12.4. The standard InChI is InChI=1S/C20H17IN2O5S/c1-27-15-9-12(8-14(21)18(15)28-2)10-16-19(25)23(20(26)29-16)11-17(24)22-13-6-4-3-5-7-13/h3-10H,11H2,1-2H3,(H,22,24)/b16-10-. The van der Waals surface area contributed by atoms with E-state index in [1.165, 1.54) is 7.11 Å². The zero-order chi connectivity index (χ0) is 21.0. The van der Waals surface area contributed by atoms with Gasteiger partial charge in [0.1, 0.15) is 6.54 Å². The Morgan fingerprint density at radius 3 is 2.55 bits per heavy atom. The molecule has 9 heteroatoms. The van der Waals surface area contributed by atoms with Gasteiger partial charge >= 0.3 is 0 Å². The summed E-state index contributed by atoms with van der Waals surface area (Å²) in [6.45, 7) is -0.347. The van der Waals surface area contributed by atoms with Gasteiger partial charge in [0.25, 0.3) is 11.1 Å². The predicted octanol–water partition coefficient (Wildman–Crippen LogP) is 3.98. The number of methoxy groups -OCH3 is 2. The van der Waals surface area contributed by atoms with Gasteiger partial charge in [0.2, 0.25) is 5.91 Å². The second-order valence-electron chi connectivity index (χ2n) is 5.92. The van der Waals surface area contributed by atoms with E-state index in [-0.39, 0.29) is 11.4 Å². The fourth-order valence-corrected chi connectivity index (χ4v) is 4.36. The maximum atomic E-state index is 12.6. The van der Waals surface area contributed by atoms with Crippen LogP contribution < -0.4 is 14.8 Å². The van der Waals surface area contributed by atoms with E-state index in [1.807, 2.05) is 12.1 Å². The molecule has 150 valence electrons. The van der Waals surface area contributed by atoms with Gasteiger partial charge in [0.15, 0.2) is 11.5 Å². The van der Waals surface area contributed by atoms with Crippen molar-refractivity contribution in [3.8, 4) is 11.5 Å². The Balaban J connectivity index is 1.76. The predicted molar refractivity (Wildman–Crippen MR) is 120 cm³/mol. The second-order valence-corrected chi connectivity index (χ2v) is 8.08. The molecule has 0 unspecified atom stereocenters. The number of nitrogens with one attached hydrogen (secondary N) is 1. The number of amides is 3. The average Bonchev–Trinajstić information content (AvgIpc) is 2.95. The van der Waals surface area contributed by atoms with Crippen LogP contribution in [0.15, 0.2) is 47.4 Å². The van der Waals surface area contributed by atoms with Crippen molar-refractivity contribution in [3.63, 3.8) is 0 Å². The number of rotatable bonds is 6. The Labute approximate surface area is 185 Å². The highest BCUT2D eigenvalue weighted by atomic mass is 127. The van der Waals surface area contributed by atoms with Gasteiger partial charge in [-0.1, -0.05) is 18.2 Å². The third-order valence-electron chi connectivity index (χ3n) is 3.99. The number of ether oxygens (including phenoxy) is 2. The molecule has 0 atom stereocenters. The molecule has 1 N–H and O–H groups in total. The summed E-state index contributed by atoms with van der Waals surface area (Å²) in [5.41, 5.74) is 1.28. The summed E-state index contributed by atoms with van der Waals surface area (Å²) in [7, 11) is 3.07. The molecule has 1 aliphatic heterocycles. The van der Waals surface area contributed by atoms with Crippen LogP contribution in [0.25, 0.3) is 6.08 Å². The largest absolute Gasteiger partial charge is 0.493 e. The Hall–Kier alpha value is -2.53. The lowest BCUT2D eigenvalue weighted by Gasteiger charge is -2.12. The first-order valence-electron chi connectivity index (χ1n) is 8.44. The summed E-state index contributed by atoms with van der Waals surface area (Å²) < 4.78 is 11.4. The van der Waals surface area contributed by atoms with E-state index < -0.39 is 17.1 Å². The Bertz CT molecular complexity index is 994. The van der Waals surface area contributed by atoms with Crippen molar-refractivity contribution >= 4 is 63.2 Å². The number of carbonyl (C=O) groups is 3. The Kier molecular flexibility index (Phi) is 6.80. The van der Waals surface area contributed by atoms with E-state index in [0.717, 1.165) is 20.2 Å². The number of anilines is 1. The fraction of sp³-hybridized carbons (Fsp3) is 0.150. The van der Waals surface area contributed by atoms with Gasteiger partial charge in [-0.3, -0.25) is 19.3 Å². The van der Waals surface area contributed by atoms with E-state index in [4.69, 9.17) is 9.47 Å². The summed E-state index contributed by atoms with van der Waals surface area (Å²) in [6.07, 6.45) is 1.60. The summed E-state index contributed by atoms with van der Waals surface area (Å²) in [4.78, 5) is 38.3. The summed E-state index contributed by atoms with van der Waals surface area (Å²) >= 11 is 2.90. The lowest BCUT2D eigenvalue weighted by Crippen LogP contribution is -2.36. The maximum absolute atomic E-state index is 12.6. The van der Waals surface area contributed by atoms with Crippen LogP contribution in [-0.4, -0.2) is 42.7 Å². The number of halogens is 1. The zero-order valence-electron chi connectivity index (χ0n) is 15.6. The number of hydrogen-bond acceptors (Lipinski definition) is 6. The highest BCUT2D eigenvalue weighted by Crippen LogP contribution is 2.37. The third-order valence-corrected chi connectivity index (χ3v) is 5.70. The van der Waals surface area contributed by atoms with Crippen LogP contribution in [0.5, 0.6) is 11.5 Å². The third kappa shape index (κ3) is 4.91. The van der Waals surface area contributed by atoms with Crippen LogP contribution in [0.2, 0.25) is 0 Å². The summed E-state index contributed by atoms with van der Waals surface area (Å²) in [5, 5.41) is 2.18. The molecule has 0 saturated carbocycles. The first-order chi connectivity index (χ1) is 13.9. The second kappa shape index (κ2) is 9.31. The van der Waals surface area contributed by atoms with Crippen molar-refractivity contribution in [2.45, 2.75) is 0 Å². The molecule has 3 rings (SSSR count). The van der Waals surface area contributed by atoms with Gasteiger partial charge in [0.05, 0.1) is 22.7 Å². The van der Waals surface area contributed by atoms with Crippen LogP contribution in [0.3, 0.4) is 0 Å². The van der Waals surface area contributed by atoms with Crippen molar-refractivity contribution in [2.75, 3.05) is 26.1 Å². The summed E-state index contributed by atoms with van der Waals surface area (Å²) in [5.74, 6) is 0.163. The quantitative estimate of drug-likeness (QED) is 0.455. The van der Waals surface area contributed by atoms with Gasteiger partial charge in [-0.2, -0.15) is 0 Å². The maximum Gasteiger partial charge on any atom is 0.294 e. The molecule has 2 aromatic carbocycles. The molecular weight excluding hydrogens is 507 g/mol. The molecule has 0 aliphatic carbocycles.